The van der Waals surface area contributed by atoms with E-state index >= 15 is 0 Å². The van der Waals surface area contributed by atoms with Crippen LogP contribution >= 0.6 is 11.3 Å². The summed E-state index contributed by atoms with van der Waals surface area (Å²) in [5.41, 5.74) is 2.32. The summed E-state index contributed by atoms with van der Waals surface area (Å²) in [4.78, 5) is 8.07. The minimum Gasteiger partial charge on any atom is -0.367 e. The molecular weight excluding hydrogens is 334 g/mol. The summed E-state index contributed by atoms with van der Waals surface area (Å²) in [6.07, 6.45) is 8.39. The number of fused-ring (bicyclic) bond motifs is 1. The number of hydrogen-bond donors (Lipinski definition) is 1. The van der Waals surface area contributed by atoms with Crippen LogP contribution in [0.2, 0.25) is 0 Å². The van der Waals surface area contributed by atoms with Crippen LogP contribution in [-0.2, 0) is 12.5 Å². The van der Waals surface area contributed by atoms with Crippen molar-refractivity contribution in [3.63, 3.8) is 0 Å². The third-order valence-electron chi connectivity index (χ3n) is 4.62. The summed E-state index contributed by atoms with van der Waals surface area (Å²) in [5, 5.41) is 13.5. The number of nitrogens with zero attached hydrogens (tertiary/aromatic N) is 6. The molecule has 7 nitrogen and oxygen atoms in total. The van der Waals surface area contributed by atoms with Gasteiger partial charge in [-0.2, -0.15) is 5.10 Å². The number of nitrogens with one attached hydrogen (secondary N) is 1. The molecule has 4 rings (SSSR count). The maximum Gasteiger partial charge on any atom is 0.214 e. The zero-order valence-corrected chi connectivity index (χ0v) is 16.0. The van der Waals surface area contributed by atoms with Gasteiger partial charge in [0, 0.05) is 37.8 Å². The van der Waals surface area contributed by atoms with Crippen molar-refractivity contribution in [2.24, 2.45) is 7.05 Å². The first-order valence-electron chi connectivity index (χ1n) is 8.75. The van der Waals surface area contributed by atoms with Gasteiger partial charge in [0.15, 0.2) is 0 Å². The van der Waals surface area contributed by atoms with E-state index in [-0.39, 0.29) is 5.41 Å². The molecule has 3 aromatic rings. The lowest BCUT2D eigenvalue weighted by atomic mass is 9.93. The summed E-state index contributed by atoms with van der Waals surface area (Å²) in [5.74, 6) is 0. The van der Waals surface area contributed by atoms with Crippen LogP contribution in [-0.4, -0.2) is 43.5 Å². The molecular formula is C17H25N7S. The maximum atomic E-state index is 4.72. The topological polar surface area (TPSA) is 63.3 Å². The molecule has 3 aromatic heterocycles. The number of imidazole rings is 1. The SMILES string of the molecule is Cn1cc(N2CCCC(Nc3nn4cc(C(C)(C)C)nc4s3)C2)cn1. The summed E-state index contributed by atoms with van der Waals surface area (Å²) in [6, 6.07) is 0.395. The molecule has 134 valence electrons. The van der Waals surface area contributed by atoms with Gasteiger partial charge in [-0.1, -0.05) is 32.1 Å². The highest BCUT2D eigenvalue weighted by atomic mass is 32.1. The fourth-order valence-corrected chi connectivity index (χ4v) is 4.05. The Balaban J connectivity index is 1.46. The van der Waals surface area contributed by atoms with Gasteiger partial charge in [0.05, 0.1) is 23.8 Å². The van der Waals surface area contributed by atoms with Crippen molar-refractivity contribution in [3.8, 4) is 0 Å². The Morgan fingerprint density at radius 2 is 2.12 bits per heavy atom. The molecule has 1 unspecified atom stereocenters. The predicted octanol–water partition coefficient (Wildman–Crippen LogP) is 2.90. The molecule has 1 atom stereocenters. The van der Waals surface area contributed by atoms with Gasteiger partial charge in [0.25, 0.3) is 0 Å². The van der Waals surface area contributed by atoms with Crippen LogP contribution in [0.5, 0.6) is 0 Å². The molecule has 0 aromatic carbocycles. The second-order valence-electron chi connectivity index (χ2n) is 7.81. The first kappa shape index (κ1) is 16.4. The van der Waals surface area contributed by atoms with Crippen LogP contribution in [0.25, 0.3) is 4.96 Å². The van der Waals surface area contributed by atoms with Gasteiger partial charge in [-0.3, -0.25) is 4.68 Å². The molecule has 8 heteroatoms. The van der Waals surface area contributed by atoms with E-state index in [4.69, 9.17) is 4.98 Å². The highest BCUT2D eigenvalue weighted by molar-refractivity contribution is 7.20. The largest absolute Gasteiger partial charge is 0.367 e. The molecule has 4 heterocycles. The quantitative estimate of drug-likeness (QED) is 0.779. The lowest BCUT2D eigenvalue weighted by molar-refractivity contribution is 0.529. The van der Waals surface area contributed by atoms with E-state index in [1.807, 2.05) is 28.6 Å². The molecule has 1 fully saturated rings. The minimum absolute atomic E-state index is 0.0502. The average molecular weight is 360 g/mol. The van der Waals surface area contributed by atoms with Crippen LogP contribution < -0.4 is 10.2 Å². The highest BCUT2D eigenvalue weighted by Gasteiger charge is 2.23. The third-order valence-corrected chi connectivity index (χ3v) is 5.47. The summed E-state index contributed by atoms with van der Waals surface area (Å²) in [7, 11) is 1.96. The van der Waals surface area contributed by atoms with Gasteiger partial charge in [-0.15, -0.1) is 5.10 Å². The number of piperidine rings is 1. The fourth-order valence-electron chi connectivity index (χ4n) is 3.20. The Hall–Kier alpha value is -2.09. The van der Waals surface area contributed by atoms with E-state index in [1.165, 1.54) is 12.1 Å². The van der Waals surface area contributed by atoms with E-state index in [0.29, 0.717) is 6.04 Å². The zero-order chi connectivity index (χ0) is 17.6. The van der Waals surface area contributed by atoms with Crippen molar-refractivity contribution in [2.45, 2.75) is 45.1 Å². The second kappa shape index (κ2) is 6.01. The van der Waals surface area contributed by atoms with Crippen LogP contribution in [0.15, 0.2) is 18.6 Å². The smallest absolute Gasteiger partial charge is 0.214 e. The Bertz CT molecular complexity index is 838. The van der Waals surface area contributed by atoms with Gasteiger partial charge in [-0.25, -0.2) is 9.50 Å². The monoisotopic (exact) mass is 359 g/mol. The lowest BCUT2D eigenvalue weighted by Gasteiger charge is -2.33. The van der Waals surface area contributed by atoms with Crippen molar-refractivity contribution in [1.82, 2.24) is 24.4 Å². The van der Waals surface area contributed by atoms with Crippen LogP contribution in [0, 0.1) is 0 Å². The van der Waals surface area contributed by atoms with Crippen LogP contribution in [0.4, 0.5) is 10.8 Å². The minimum atomic E-state index is 0.0502. The summed E-state index contributed by atoms with van der Waals surface area (Å²) >= 11 is 1.62. The molecule has 1 aliphatic heterocycles. The van der Waals surface area contributed by atoms with Crippen molar-refractivity contribution in [2.75, 3.05) is 23.3 Å². The Labute approximate surface area is 151 Å². The Morgan fingerprint density at radius 1 is 1.28 bits per heavy atom. The number of aryl methyl sites for hydroxylation is 1. The third kappa shape index (κ3) is 3.35. The predicted molar refractivity (Wildman–Crippen MR) is 102 cm³/mol. The van der Waals surface area contributed by atoms with Crippen molar-refractivity contribution < 1.29 is 0 Å². The number of anilines is 2. The Morgan fingerprint density at radius 3 is 2.80 bits per heavy atom. The van der Waals surface area contributed by atoms with Crippen molar-refractivity contribution >= 4 is 27.1 Å². The van der Waals surface area contributed by atoms with E-state index in [9.17, 15) is 0 Å². The van der Waals surface area contributed by atoms with Crippen LogP contribution in [0.1, 0.15) is 39.3 Å². The highest BCUT2D eigenvalue weighted by Crippen LogP contribution is 2.27. The zero-order valence-electron chi connectivity index (χ0n) is 15.2. The van der Waals surface area contributed by atoms with Gasteiger partial charge < -0.3 is 10.2 Å². The van der Waals surface area contributed by atoms with E-state index in [2.05, 4.69) is 47.4 Å². The fraction of sp³-hybridized carbons (Fsp3) is 0.588. The van der Waals surface area contributed by atoms with E-state index < -0.39 is 0 Å². The van der Waals surface area contributed by atoms with Crippen molar-refractivity contribution in [1.29, 1.82) is 0 Å². The first-order chi connectivity index (χ1) is 11.9. The summed E-state index contributed by atoms with van der Waals surface area (Å²) < 4.78 is 3.75. The van der Waals surface area contributed by atoms with Gasteiger partial charge in [0.2, 0.25) is 10.1 Å². The molecule has 0 aliphatic carbocycles. The van der Waals surface area contributed by atoms with Gasteiger partial charge in [0.1, 0.15) is 0 Å². The normalized spacial score (nSPS) is 18.9. The molecule has 0 spiro atoms. The maximum absolute atomic E-state index is 4.72. The molecule has 0 amide bonds. The Kier molecular flexibility index (Phi) is 3.94. The number of hydrogen-bond acceptors (Lipinski definition) is 6. The van der Waals surface area contributed by atoms with E-state index in [0.717, 1.165) is 35.3 Å². The van der Waals surface area contributed by atoms with Gasteiger partial charge in [-0.05, 0) is 12.8 Å². The number of aromatic nitrogens is 5. The second-order valence-corrected chi connectivity index (χ2v) is 8.77. The van der Waals surface area contributed by atoms with E-state index in [1.54, 1.807) is 11.3 Å². The molecule has 0 saturated carbocycles. The molecule has 1 aliphatic rings. The van der Waals surface area contributed by atoms with Crippen molar-refractivity contribution in [3.05, 3.63) is 24.3 Å². The van der Waals surface area contributed by atoms with Gasteiger partial charge >= 0.3 is 0 Å². The molecule has 0 radical (unpaired) electrons. The van der Waals surface area contributed by atoms with Crippen LogP contribution in [0.3, 0.4) is 0 Å². The molecule has 1 N–H and O–H groups in total. The average Bonchev–Trinajstić information content (AvgIpc) is 3.21. The molecule has 1 saturated heterocycles. The molecule has 0 bridgehead atoms. The lowest BCUT2D eigenvalue weighted by Crippen LogP contribution is -2.42. The summed E-state index contributed by atoms with van der Waals surface area (Å²) in [6.45, 7) is 8.58. The number of rotatable bonds is 3. The standard InChI is InChI=1S/C17H25N7S/c1-17(2,3)14-11-24-16(20-14)25-15(21-24)19-12-6-5-7-23(9-12)13-8-18-22(4)10-13/h8,10-12H,5-7,9H2,1-4H3,(H,19,21). The first-order valence-corrected chi connectivity index (χ1v) is 9.57. The molecule has 25 heavy (non-hydrogen) atoms.